The third kappa shape index (κ3) is 12.5. The molecule has 16 heteroatoms. The quantitative estimate of drug-likeness (QED) is 0.0855. The number of aliphatic hydroxyl groups excluding tert-OH is 2. The average Bonchev–Trinajstić information content (AvgIpc) is 3.76. The SMILES string of the molecule is COC(=O)C1(Sc2ccc(Oc3ccccc3)cc2)C[C@@H](O)CN1B(C)O.COC(=O)[C@@H]1C[C@@H](O)CN1B(C)O.CSc1ccc(Oc2ccccc2)cc1. The van der Waals surface area contributed by atoms with Crippen LogP contribution in [0.15, 0.2) is 119 Å². The molecule has 0 aliphatic carbocycles. The average molecular weight is 791 g/mol. The Bertz CT molecular complexity index is 1760. The molecule has 4 N–H and O–H groups in total. The molecule has 55 heavy (non-hydrogen) atoms. The highest BCUT2D eigenvalue weighted by Crippen LogP contribution is 2.45. The van der Waals surface area contributed by atoms with Gasteiger partial charge in [-0.25, -0.2) is 4.79 Å². The van der Waals surface area contributed by atoms with Gasteiger partial charge in [0.05, 0.1) is 26.4 Å². The predicted octanol–water partition coefficient (Wildman–Crippen LogP) is 5.52. The molecule has 4 atom stereocenters. The summed E-state index contributed by atoms with van der Waals surface area (Å²) in [7, 11) is 0.982. The lowest BCUT2D eigenvalue weighted by molar-refractivity contribution is -0.146. The van der Waals surface area contributed by atoms with Gasteiger partial charge in [-0.3, -0.25) is 9.61 Å². The second kappa shape index (κ2) is 21.3. The second-order valence-electron chi connectivity index (χ2n) is 12.8. The van der Waals surface area contributed by atoms with Gasteiger partial charge < -0.3 is 44.0 Å². The van der Waals surface area contributed by atoms with Crippen molar-refractivity contribution in [1.82, 2.24) is 9.62 Å². The van der Waals surface area contributed by atoms with Gasteiger partial charge in [-0.15, -0.1) is 11.8 Å². The fourth-order valence-corrected chi connectivity index (χ4v) is 7.97. The molecule has 2 saturated heterocycles. The normalized spacial score (nSPS) is 20.6. The number of carbonyl (C=O) groups excluding carboxylic acids is 2. The van der Waals surface area contributed by atoms with Crippen LogP contribution in [0.3, 0.4) is 0 Å². The van der Waals surface area contributed by atoms with Crippen LogP contribution in [0.4, 0.5) is 0 Å². The highest BCUT2D eigenvalue weighted by molar-refractivity contribution is 8.01. The maximum absolute atomic E-state index is 12.6. The van der Waals surface area contributed by atoms with Crippen molar-refractivity contribution in [3.05, 3.63) is 109 Å². The van der Waals surface area contributed by atoms with Gasteiger partial charge >= 0.3 is 26.0 Å². The van der Waals surface area contributed by atoms with Crippen molar-refractivity contribution in [1.29, 1.82) is 0 Å². The molecule has 0 radical (unpaired) electrons. The van der Waals surface area contributed by atoms with E-state index in [-0.39, 0.29) is 13.0 Å². The zero-order valence-corrected chi connectivity index (χ0v) is 33.2. The van der Waals surface area contributed by atoms with Crippen LogP contribution in [0.5, 0.6) is 23.0 Å². The van der Waals surface area contributed by atoms with E-state index in [2.05, 4.69) is 23.1 Å². The summed E-state index contributed by atoms with van der Waals surface area (Å²) < 4.78 is 21.0. The molecule has 4 aromatic rings. The predicted molar refractivity (Wildman–Crippen MR) is 216 cm³/mol. The van der Waals surface area contributed by atoms with Gasteiger partial charge in [0.1, 0.15) is 29.0 Å². The Hall–Kier alpha value is -3.99. The van der Waals surface area contributed by atoms with Crippen molar-refractivity contribution in [2.75, 3.05) is 33.6 Å². The van der Waals surface area contributed by atoms with Gasteiger partial charge in [-0.1, -0.05) is 48.2 Å². The number of hydrogen-bond donors (Lipinski definition) is 4. The maximum atomic E-state index is 12.6. The Labute approximate surface area is 332 Å². The maximum Gasteiger partial charge on any atom is 0.378 e. The molecule has 0 aromatic heterocycles. The monoisotopic (exact) mass is 790 g/mol. The summed E-state index contributed by atoms with van der Waals surface area (Å²) in [6, 6.07) is 34.2. The van der Waals surface area contributed by atoms with E-state index < -0.39 is 49.2 Å². The number of β-amino-alcohol motifs (C(OH)–C–C–N with tert-alkyl or cyclic N) is 2. The Morgan fingerprint density at radius 1 is 0.691 bits per heavy atom. The Kier molecular flexibility index (Phi) is 17.0. The van der Waals surface area contributed by atoms with Gasteiger partial charge in [0.25, 0.3) is 0 Å². The van der Waals surface area contributed by atoms with E-state index in [1.807, 2.05) is 97.1 Å². The summed E-state index contributed by atoms with van der Waals surface area (Å²) >= 11 is 2.99. The highest BCUT2D eigenvalue weighted by atomic mass is 32.2. The van der Waals surface area contributed by atoms with Gasteiger partial charge in [0, 0.05) is 29.3 Å². The van der Waals surface area contributed by atoms with Crippen molar-refractivity contribution in [3.8, 4) is 23.0 Å². The van der Waals surface area contributed by atoms with Gasteiger partial charge in [-0.2, -0.15) is 0 Å². The van der Waals surface area contributed by atoms with E-state index >= 15 is 0 Å². The highest BCUT2D eigenvalue weighted by Gasteiger charge is 2.55. The van der Waals surface area contributed by atoms with Crippen LogP contribution in [0.2, 0.25) is 13.6 Å². The summed E-state index contributed by atoms with van der Waals surface area (Å²) in [5.74, 6) is 2.26. The summed E-state index contributed by atoms with van der Waals surface area (Å²) in [6.45, 7) is 3.66. The number of ether oxygens (including phenoxy) is 4. The molecule has 0 spiro atoms. The van der Waals surface area contributed by atoms with Crippen LogP contribution in [-0.4, -0.2) is 113 Å². The molecular weight excluding hydrogens is 742 g/mol. The minimum Gasteiger partial charge on any atom is -0.468 e. The molecule has 2 heterocycles. The number of hydrogen-bond acceptors (Lipinski definition) is 14. The van der Waals surface area contributed by atoms with E-state index in [4.69, 9.17) is 14.2 Å². The van der Waals surface area contributed by atoms with Crippen molar-refractivity contribution < 1.29 is 48.8 Å². The number of para-hydroxylation sites is 2. The van der Waals surface area contributed by atoms with Crippen molar-refractivity contribution in [2.24, 2.45) is 0 Å². The largest absolute Gasteiger partial charge is 0.468 e. The first-order chi connectivity index (χ1) is 26.4. The lowest BCUT2D eigenvalue weighted by Gasteiger charge is -2.35. The fourth-order valence-electron chi connectivity index (χ4n) is 6.11. The number of rotatable bonds is 11. The molecule has 0 amide bonds. The van der Waals surface area contributed by atoms with Gasteiger partial charge in [0.15, 0.2) is 4.87 Å². The number of aliphatic hydroxyl groups is 2. The van der Waals surface area contributed by atoms with Crippen LogP contribution < -0.4 is 9.47 Å². The molecule has 4 aromatic carbocycles. The number of thioether (sulfide) groups is 2. The number of benzene rings is 4. The molecule has 2 aliphatic rings. The molecule has 2 fully saturated rings. The molecular formula is C39H48B2N2O10S2. The van der Waals surface area contributed by atoms with E-state index in [0.29, 0.717) is 18.7 Å². The minimum atomic E-state index is -1.18. The summed E-state index contributed by atoms with van der Waals surface area (Å²) in [6.07, 6.45) is 1.30. The van der Waals surface area contributed by atoms with Gasteiger partial charge in [0.2, 0.25) is 0 Å². The van der Waals surface area contributed by atoms with Crippen LogP contribution in [-0.2, 0) is 19.1 Å². The van der Waals surface area contributed by atoms with Crippen LogP contribution in [0.25, 0.3) is 0 Å². The van der Waals surface area contributed by atoms with Crippen LogP contribution in [0, 0.1) is 0 Å². The van der Waals surface area contributed by atoms with Crippen molar-refractivity contribution >= 4 is 49.6 Å². The van der Waals surface area contributed by atoms with Crippen molar-refractivity contribution in [2.45, 2.75) is 59.4 Å². The van der Waals surface area contributed by atoms with E-state index in [0.717, 1.165) is 22.1 Å². The fraction of sp³-hybridized carbons (Fsp3) is 0.333. The summed E-state index contributed by atoms with van der Waals surface area (Å²) in [4.78, 5) is 27.7. The summed E-state index contributed by atoms with van der Waals surface area (Å²) in [5, 5.41) is 38.8. The second-order valence-corrected chi connectivity index (χ2v) is 15.0. The molecule has 0 bridgehead atoms. The van der Waals surface area contributed by atoms with Gasteiger partial charge in [-0.05, 0) is 99.1 Å². The summed E-state index contributed by atoms with van der Waals surface area (Å²) in [5.41, 5.74) is 0. The lowest BCUT2D eigenvalue weighted by Crippen LogP contribution is -2.54. The first-order valence-corrected chi connectivity index (χ1v) is 19.7. The zero-order valence-electron chi connectivity index (χ0n) is 31.6. The van der Waals surface area contributed by atoms with Crippen LogP contribution in [0.1, 0.15) is 12.8 Å². The molecule has 2 aliphatic heterocycles. The third-order valence-electron chi connectivity index (χ3n) is 8.74. The zero-order chi connectivity index (χ0) is 40.0. The third-order valence-corrected chi connectivity index (χ3v) is 10.9. The number of esters is 2. The van der Waals surface area contributed by atoms with E-state index in [1.165, 1.54) is 35.7 Å². The molecule has 1 unspecified atom stereocenters. The number of carbonyl (C=O) groups is 2. The molecule has 292 valence electrons. The lowest BCUT2D eigenvalue weighted by atomic mass is 9.84. The van der Waals surface area contributed by atoms with E-state index in [9.17, 15) is 29.9 Å². The first-order valence-electron chi connectivity index (χ1n) is 17.7. The van der Waals surface area contributed by atoms with Crippen molar-refractivity contribution in [3.63, 3.8) is 0 Å². The first kappa shape index (κ1) is 43.7. The topological polar surface area (TPSA) is 158 Å². The molecule has 0 saturated carbocycles. The molecule has 6 rings (SSSR count). The number of nitrogens with zero attached hydrogens (tertiary/aromatic N) is 2. The van der Waals surface area contributed by atoms with E-state index in [1.54, 1.807) is 30.2 Å². The standard InChI is InChI=1S/C19H22BNO5S.C13H12OS.C7H14BNO4/c1-20(24)21-13-14(22)12-19(21,18(23)25-2)27-17-10-8-16(9-11-17)26-15-6-4-3-5-7-15;1-15-13-9-7-12(8-10-13)14-11-5-3-2-4-6-11;1-8(12)9-4-5(10)3-6(9)7(11)13-2/h3-11,14,22,24H,12-13H2,1-2H3;2-10H,1H3;5-6,10,12H,3-4H2,1-2H3/t14-,19?;;5-,6+/m1.1/s1. The minimum absolute atomic E-state index is 0.178. The Morgan fingerprint density at radius 2 is 1.18 bits per heavy atom. The van der Waals surface area contributed by atoms with Crippen LogP contribution >= 0.6 is 23.5 Å². The number of methoxy groups -OCH3 is 2. The molecule has 12 nitrogen and oxygen atoms in total. The smallest absolute Gasteiger partial charge is 0.378 e. The Morgan fingerprint density at radius 3 is 1.62 bits per heavy atom. The Balaban J connectivity index is 0.000000202.